The van der Waals surface area contributed by atoms with Crippen LogP contribution in [0.1, 0.15) is 23.1 Å². The molecule has 1 aromatic carbocycles. The Morgan fingerprint density at radius 1 is 1.35 bits per heavy atom. The van der Waals surface area contributed by atoms with Gasteiger partial charge in [0.05, 0.1) is 16.8 Å². The SMILES string of the molecule is CCOC(=O)Cn1c(=NC(=O)c2cc(C)n(C)n2)sc2cc(F)ccc21. The van der Waals surface area contributed by atoms with Gasteiger partial charge < -0.3 is 9.30 Å². The van der Waals surface area contributed by atoms with E-state index in [1.165, 1.54) is 12.1 Å². The molecule has 2 aromatic heterocycles. The monoisotopic (exact) mass is 376 g/mol. The normalized spacial score (nSPS) is 11.9. The summed E-state index contributed by atoms with van der Waals surface area (Å²) < 4.78 is 22.2. The van der Waals surface area contributed by atoms with Crippen molar-refractivity contribution in [1.82, 2.24) is 14.3 Å². The van der Waals surface area contributed by atoms with Gasteiger partial charge in [0, 0.05) is 12.7 Å². The molecule has 0 bridgehead atoms. The fraction of sp³-hybridized carbons (Fsp3) is 0.294. The molecular formula is C17H17FN4O3S. The molecule has 0 atom stereocenters. The van der Waals surface area contributed by atoms with E-state index in [2.05, 4.69) is 10.1 Å². The van der Waals surface area contributed by atoms with Gasteiger partial charge in [0.1, 0.15) is 12.4 Å². The zero-order valence-electron chi connectivity index (χ0n) is 14.5. The first-order chi connectivity index (χ1) is 12.4. The number of esters is 1. The van der Waals surface area contributed by atoms with E-state index in [4.69, 9.17) is 4.74 Å². The predicted molar refractivity (Wildman–Crippen MR) is 94.2 cm³/mol. The van der Waals surface area contributed by atoms with E-state index >= 15 is 0 Å². The van der Waals surface area contributed by atoms with Gasteiger partial charge in [-0.3, -0.25) is 14.3 Å². The van der Waals surface area contributed by atoms with Crippen molar-refractivity contribution in [3.63, 3.8) is 0 Å². The Labute approximate surface area is 152 Å². The van der Waals surface area contributed by atoms with Gasteiger partial charge in [0.2, 0.25) is 0 Å². The number of aryl methyl sites for hydroxylation is 2. The third kappa shape index (κ3) is 3.57. The van der Waals surface area contributed by atoms with Crippen molar-refractivity contribution in [3.8, 4) is 0 Å². The molecule has 0 fully saturated rings. The fourth-order valence-electron chi connectivity index (χ4n) is 2.43. The van der Waals surface area contributed by atoms with Gasteiger partial charge in [0.25, 0.3) is 5.91 Å². The summed E-state index contributed by atoms with van der Waals surface area (Å²) in [6, 6.07) is 5.82. The molecule has 0 aliphatic carbocycles. The molecule has 1 amide bonds. The number of halogens is 1. The number of carbonyl (C=O) groups excluding carboxylic acids is 2. The standard InChI is InChI=1S/C17H17FN4O3S/c1-4-25-15(23)9-22-13-6-5-11(18)8-14(13)26-17(22)19-16(24)12-7-10(2)21(3)20-12/h5-8H,4,9H2,1-3H3. The van der Waals surface area contributed by atoms with Crippen LogP contribution in [0, 0.1) is 12.7 Å². The zero-order chi connectivity index (χ0) is 18.8. The maximum Gasteiger partial charge on any atom is 0.326 e. The molecule has 0 unspecified atom stereocenters. The minimum absolute atomic E-state index is 0.118. The number of thiazole rings is 1. The Bertz CT molecular complexity index is 1040. The van der Waals surface area contributed by atoms with Crippen molar-refractivity contribution < 1.29 is 18.7 Å². The van der Waals surface area contributed by atoms with Crippen LogP contribution < -0.4 is 4.80 Å². The maximum absolute atomic E-state index is 13.5. The maximum atomic E-state index is 13.5. The lowest BCUT2D eigenvalue weighted by molar-refractivity contribution is -0.143. The van der Waals surface area contributed by atoms with E-state index in [0.717, 1.165) is 17.0 Å². The first kappa shape index (κ1) is 18.0. The lowest BCUT2D eigenvalue weighted by Gasteiger charge is -2.04. The van der Waals surface area contributed by atoms with Crippen LogP contribution in [0.5, 0.6) is 0 Å². The van der Waals surface area contributed by atoms with Crippen LogP contribution in [0.4, 0.5) is 4.39 Å². The topological polar surface area (TPSA) is 78.5 Å². The summed E-state index contributed by atoms with van der Waals surface area (Å²) in [5, 5.41) is 4.11. The number of carbonyl (C=O) groups is 2. The number of fused-ring (bicyclic) bond motifs is 1. The highest BCUT2D eigenvalue weighted by Gasteiger charge is 2.15. The average molecular weight is 376 g/mol. The van der Waals surface area contributed by atoms with Crippen LogP contribution in [0.3, 0.4) is 0 Å². The van der Waals surface area contributed by atoms with E-state index in [-0.39, 0.29) is 23.6 Å². The minimum atomic E-state index is -0.529. The molecule has 2 heterocycles. The molecule has 3 aromatic rings. The van der Waals surface area contributed by atoms with Crippen molar-refractivity contribution in [2.75, 3.05) is 6.61 Å². The van der Waals surface area contributed by atoms with Gasteiger partial charge in [-0.2, -0.15) is 10.1 Å². The summed E-state index contributed by atoms with van der Waals surface area (Å²) in [5.74, 6) is -1.39. The first-order valence-corrected chi connectivity index (χ1v) is 8.75. The quantitative estimate of drug-likeness (QED) is 0.654. The molecule has 3 rings (SSSR count). The Morgan fingerprint density at radius 3 is 2.77 bits per heavy atom. The molecule has 0 aliphatic heterocycles. The molecular weight excluding hydrogens is 359 g/mol. The third-order valence-electron chi connectivity index (χ3n) is 3.77. The molecule has 0 saturated heterocycles. The van der Waals surface area contributed by atoms with Crippen molar-refractivity contribution in [2.24, 2.45) is 12.0 Å². The summed E-state index contributed by atoms with van der Waals surface area (Å²) in [4.78, 5) is 28.8. The van der Waals surface area contributed by atoms with E-state index in [0.29, 0.717) is 10.2 Å². The third-order valence-corrected chi connectivity index (χ3v) is 4.81. The van der Waals surface area contributed by atoms with Gasteiger partial charge in [0.15, 0.2) is 10.5 Å². The number of amides is 1. The summed E-state index contributed by atoms with van der Waals surface area (Å²) in [6.07, 6.45) is 0. The van der Waals surface area contributed by atoms with Crippen LogP contribution >= 0.6 is 11.3 Å². The highest BCUT2D eigenvalue weighted by atomic mass is 32.1. The Morgan fingerprint density at radius 2 is 2.12 bits per heavy atom. The van der Waals surface area contributed by atoms with Gasteiger partial charge >= 0.3 is 5.97 Å². The van der Waals surface area contributed by atoms with Crippen LogP contribution in [0.25, 0.3) is 10.2 Å². The van der Waals surface area contributed by atoms with Crippen molar-refractivity contribution in [1.29, 1.82) is 0 Å². The molecule has 0 radical (unpaired) electrons. The van der Waals surface area contributed by atoms with Gasteiger partial charge in [-0.05, 0) is 38.1 Å². The van der Waals surface area contributed by atoms with E-state index in [9.17, 15) is 14.0 Å². The number of hydrogen-bond donors (Lipinski definition) is 0. The van der Waals surface area contributed by atoms with Gasteiger partial charge in [-0.1, -0.05) is 11.3 Å². The van der Waals surface area contributed by atoms with Crippen LogP contribution in [0.2, 0.25) is 0 Å². The lowest BCUT2D eigenvalue weighted by Crippen LogP contribution is -2.23. The molecule has 0 aliphatic rings. The summed E-state index contributed by atoms with van der Waals surface area (Å²) in [5.41, 5.74) is 1.63. The minimum Gasteiger partial charge on any atom is -0.465 e. The first-order valence-electron chi connectivity index (χ1n) is 7.93. The van der Waals surface area contributed by atoms with Crippen molar-refractivity contribution in [3.05, 3.63) is 46.3 Å². The molecule has 0 spiro atoms. The molecule has 0 saturated carbocycles. The molecule has 7 nitrogen and oxygen atoms in total. The Hall–Kier alpha value is -2.81. The fourth-order valence-corrected chi connectivity index (χ4v) is 3.48. The number of aromatic nitrogens is 3. The van der Waals surface area contributed by atoms with E-state index in [1.54, 1.807) is 35.4 Å². The van der Waals surface area contributed by atoms with Crippen molar-refractivity contribution >= 4 is 33.4 Å². The zero-order valence-corrected chi connectivity index (χ0v) is 15.3. The number of hydrogen-bond acceptors (Lipinski definition) is 5. The Kier molecular flexibility index (Phi) is 4.99. The summed E-state index contributed by atoms with van der Waals surface area (Å²) >= 11 is 1.13. The van der Waals surface area contributed by atoms with Crippen LogP contribution in [0.15, 0.2) is 29.3 Å². The number of rotatable bonds is 4. The molecule has 26 heavy (non-hydrogen) atoms. The van der Waals surface area contributed by atoms with Gasteiger partial charge in [-0.15, -0.1) is 0 Å². The van der Waals surface area contributed by atoms with Crippen LogP contribution in [-0.2, 0) is 23.1 Å². The molecule has 136 valence electrons. The summed E-state index contributed by atoms with van der Waals surface area (Å²) in [6.45, 7) is 3.66. The second-order valence-electron chi connectivity index (χ2n) is 5.60. The summed E-state index contributed by atoms with van der Waals surface area (Å²) in [7, 11) is 1.73. The Balaban J connectivity index is 2.10. The smallest absolute Gasteiger partial charge is 0.326 e. The average Bonchev–Trinajstić information content (AvgIpc) is 3.08. The highest BCUT2D eigenvalue weighted by molar-refractivity contribution is 7.16. The van der Waals surface area contributed by atoms with Crippen LogP contribution in [-0.4, -0.2) is 32.8 Å². The number of nitrogens with zero attached hydrogens (tertiary/aromatic N) is 4. The second-order valence-corrected chi connectivity index (χ2v) is 6.61. The second kappa shape index (κ2) is 7.20. The van der Waals surface area contributed by atoms with E-state index < -0.39 is 17.7 Å². The lowest BCUT2D eigenvalue weighted by atomic mass is 10.3. The highest BCUT2D eigenvalue weighted by Crippen LogP contribution is 2.19. The van der Waals surface area contributed by atoms with E-state index in [1.807, 2.05) is 6.92 Å². The number of benzene rings is 1. The largest absolute Gasteiger partial charge is 0.465 e. The molecule has 9 heteroatoms. The molecule has 0 N–H and O–H groups in total. The predicted octanol–water partition coefficient (Wildman–Crippen LogP) is 2.19. The van der Waals surface area contributed by atoms with Gasteiger partial charge in [-0.25, -0.2) is 4.39 Å². The number of ether oxygens (including phenoxy) is 1. The van der Waals surface area contributed by atoms with Crippen molar-refractivity contribution in [2.45, 2.75) is 20.4 Å².